The summed E-state index contributed by atoms with van der Waals surface area (Å²) >= 11 is 5.57. The SMILES string of the molecule is COC(=O)C1CCN(C(=O)c2cc(I)ccc2Br)C1. The Morgan fingerprint density at radius 3 is 2.89 bits per heavy atom. The third kappa shape index (κ3) is 3.28. The van der Waals surface area contributed by atoms with E-state index < -0.39 is 0 Å². The highest BCUT2D eigenvalue weighted by molar-refractivity contribution is 14.1. The molecule has 1 atom stereocenters. The fourth-order valence-corrected chi connectivity index (χ4v) is 3.04. The zero-order valence-corrected chi connectivity index (χ0v) is 14.1. The van der Waals surface area contributed by atoms with Gasteiger partial charge in [-0.3, -0.25) is 9.59 Å². The maximum absolute atomic E-state index is 12.4. The second kappa shape index (κ2) is 6.21. The summed E-state index contributed by atoms with van der Waals surface area (Å²) in [6.45, 7) is 1.03. The van der Waals surface area contributed by atoms with Gasteiger partial charge >= 0.3 is 5.97 Å². The molecule has 1 aliphatic rings. The number of ether oxygens (including phenoxy) is 1. The van der Waals surface area contributed by atoms with Gasteiger partial charge in [-0.1, -0.05) is 0 Å². The van der Waals surface area contributed by atoms with Crippen LogP contribution in [0.4, 0.5) is 0 Å². The maximum atomic E-state index is 12.4. The van der Waals surface area contributed by atoms with Crippen molar-refractivity contribution in [3.8, 4) is 0 Å². The average molecular weight is 438 g/mol. The van der Waals surface area contributed by atoms with Crippen LogP contribution < -0.4 is 0 Å². The predicted octanol–water partition coefficient (Wildman–Crippen LogP) is 2.69. The molecule has 0 N–H and O–H groups in total. The molecule has 1 amide bonds. The van der Waals surface area contributed by atoms with E-state index in [1.165, 1.54) is 7.11 Å². The Morgan fingerprint density at radius 1 is 1.47 bits per heavy atom. The Bertz CT molecular complexity index is 521. The normalized spacial score (nSPS) is 18.5. The summed E-state index contributed by atoms with van der Waals surface area (Å²) in [7, 11) is 1.38. The summed E-state index contributed by atoms with van der Waals surface area (Å²) in [5.41, 5.74) is 0.636. The minimum Gasteiger partial charge on any atom is -0.469 e. The van der Waals surface area contributed by atoms with E-state index in [0.29, 0.717) is 25.1 Å². The predicted molar refractivity (Wildman–Crippen MR) is 82.9 cm³/mol. The van der Waals surface area contributed by atoms with Gasteiger partial charge in [0.05, 0.1) is 18.6 Å². The van der Waals surface area contributed by atoms with E-state index in [1.54, 1.807) is 4.90 Å². The molecule has 0 aliphatic carbocycles. The number of carbonyl (C=O) groups is 2. The van der Waals surface area contributed by atoms with Crippen LogP contribution in [-0.4, -0.2) is 37.0 Å². The number of esters is 1. The number of hydrogen-bond donors (Lipinski definition) is 0. The zero-order valence-electron chi connectivity index (χ0n) is 10.4. The Hall–Kier alpha value is -0.630. The van der Waals surface area contributed by atoms with Gasteiger partial charge in [-0.2, -0.15) is 0 Å². The van der Waals surface area contributed by atoms with Crippen molar-refractivity contribution in [1.29, 1.82) is 0 Å². The van der Waals surface area contributed by atoms with Crippen molar-refractivity contribution in [3.63, 3.8) is 0 Å². The molecular weight excluding hydrogens is 425 g/mol. The topological polar surface area (TPSA) is 46.6 Å². The lowest BCUT2D eigenvalue weighted by atomic mass is 10.1. The Kier molecular flexibility index (Phi) is 4.83. The van der Waals surface area contributed by atoms with Gasteiger partial charge in [-0.15, -0.1) is 0 Å². The van der Waals surface area contributed by atoms with Gasteiger partial charge in [0.1, 0.15) is 0 Å². The number of rotatable bonds is 2. The fourth-order valence-electron chi connectivity index (χ4n) is 2.14. The fraction of sp³-hybridized carbons (Fsp3) is 0.385. The molecule has 0 radical (unpaired) electrons. The van der Waals surface area contributed by atoms with Crippen molar-refractivity contribution >= 4 is 50.4 Å². The first kappa shape index (κ1) is 14.8. The van der Waals surface area contributed by atoms with Crippen molar-refractivity contribution in [2.24, 2.45) is 5.92 Å². The standard InChI is InChI=1S/C13H13BrINO3/c1-19-13(18)8-4-5-16(7-8)12(17)10-6-9(15)2-3-11(10)14/h2-3,6,8H,4-5,7H2,1H3. The van der Waals surface area contributed by atoms with Gasteiger partial charge in [-0.05, 0) is 63.1 Å². The summed E-state index contributed by atoms with van der Waals surface area (Å²) in [6.07, 6.45) is 0.667. The van der Waals surface area contributed by atoms with E-state index in [0.717, 1.165) is 8.04 Å². The smallest absolute Gasteiger partial charge is 0.310 e. The lowest BCUT2D eigenvalue weighted by Gasteiger charge is -2.17. The van der Waals surface area contributed by atoms with Crippen LogP contribution in [0.25, 0.3) is 0 Å². The van der Waals surface area contributed by atoms with Gasteiger partial charge < -0.3 is 9.64 Å². The van der Waals surface area contributed by atoms with Gasteiger partial charge in [0, 0.05) is 21.1 Å². The summed E-state index contributed by atoms with van der Waals surface area (Å²) in [6, 6.07) is 5.64. The molecule has 1 aliphatic heterocycles. The average Bonchev–Trinajstić information content (AvgIpc) is 2.89. The van der Waals surface area contributed by atoms with E-state index in [-0.39, 0.29) is 17.8 Å². The van der Waals surface area contributed by atoms with Crippen LogP contribution in [0.3, 0.4) is 0 Å². The van der Waals surface area contributed by atoms with Gasteiger partial charge in [0.2, 0.25) is 0 Å². The van der Waals surface area contributed by atoms with Crippen LogP contribution in [0, 0.1) is 9.49 Å². The lowest BCUT2D eigenvalue weighted by molar-refractivity contribution is -0.144. The molecule has 0 aromatic heterocycles. The summed E-state index contributed by atoms with van der Waals surface area (Å²) in [4.78, 5) is 25.6. The quantitative estimate of drug-likeness (QED) is 0.528. The Labute approximate surface area is 133 Å². The highest BCUT2D eigenvalue weighted by atomic mass is 127. The number of amides is 1. The highest BCUT2D eigenvalue weighted by Crippen LogP contribution is 2.25. The third-order valence-corrected chi connectivity index (χ3v) is 4.53. The zero-order chi connectivity index (χ0) is 14.0. The molecule has 1 heterocycles. The lowest BCUT2D eigenvalue weighted by Crippen LogP contribution is -2.30. The first-order valence-electron chi connectivity index (χ1n) is 5.85. The Morgan fingerprint density at radius 2 is 2.21 bits per heavy atom. The Balaban J connectivity index is 2.13. The van der Waals surface area contributed by atoms with Crippen molar-refractivity contribution in [2.45, 2.75) is 6.42 Å². The van der Waals surface area contributed by atoms with Gasteiger partial charge in [-0.25, -0.2) is 0 Å². The van der Waals surface area contributed by atoms with Crippen LogP contribution in [-0.2, 0) is 9.53 Å². The number of methoxy groups -OCH3 is 1. The van der Waals surface area contributed by atoms with Crippen molar-refractivity contribution in [1.82, 2.24) is 4.90 Å². The van der Waals surface area contributed by atoms with Crippen LogP contribution in [0.1, 0.15) is 16.8 Å². The number of likely N-dealkylation sites (tertiary alicyclic amines) is 1. The van der Waals surface area contributed by atoms with E-state index >= 15 is 0 Å². The van der Waals surface area contributed by atoms with E-state index in [9.17, 15) is 9.59 Å². The molecule has 2 rings (SSSR count). The van der Waals surface area contributed by atoms with Crippen molar-refractivity contribution in [3.05, 3.63) is 31.8 Å². The molecule has 0 spiro atoms. The first-order chi connectivity index (χ1) is 9.02. The third-order valence-electron chi connectivity index (χ3n) is 3.17. The van der Waals surface area contributed by atoms with Crippen LogP contribution >= 0.6 is 38.5 Å². The van der Waals surface area contributed by atoms with E-state index in [4.69, 9.17) is 4.74 Å². The maximum Gasteiger partial charge on any atom is 0.310 e. The molecule has 0 bridgehead atoms. The summed E-state index contributed by atoms with van der Waals surface area (Å²) in [5, 5.41) is 0. The van der Waals surface area contributed by atoms with Crippen molar-refractivity contribution < 1.29 is 14.3 Å². The number of benzene rings is 1. The second-order valence-corrected chi connectivity index (χ2v) is 6.48. The number of hydrogen-bond acceptors (Lipinski definition) is 3. The molecule has 19 heavy (non-hydrogen) atoms. The van der Waals surface area contributed by atoms with Crippen LogP contribution in [0.15, 0.2) is 22.7 Å². The molecule has 0 saturated carbocycles. The molecule has 1 saturated heterocycles. The molecule has 1 unspecified atom stereocenters. The minimum atomic E-state index is -0.239. The molecule has 6 heteroatoms. The van der Waals surface area contributed by atoms with Crippen LogP contribution in [0.5, 0.6) is 0 Å². The molecule has 1 fully saturated rings. The van der Waals surface area contributed by atoms with E-state index in [1.807, 2.05) is 18.2 Å². The highest BCUT2D eigenvalue weighted by Gasteiger charge is 2.32. The van der Waals surface area contributed by atoms with Gasteiger partial charge in [0.25, 0.3) is 5.91 Å². The molecule has 4 nitrogen and oxygen atoms in total. The number of nitrogens with zero attached hydrogens (tertiary/aromatic N) is 1. The number of carbonyl (C=O) groups excluding carboxylic acids is 2. The molecule has 102 valence electrons. The second-order valence-electron chi connectivity index (χ2n) is 4.38. The van der Waals surface area contributed by atoms with Gasteiger partial charge in [0.15, 0.2) is 0 Å². The van der Waals surface area contributed by atoms with Crippen LogP contribution in [0.2, 0.25) is 0 Å². The summed E-state index contributed by atoms with van der Waals surface area (Å²) < 4.78 is 6.51. The largest absolute Gasteiger partial charge is 0.469 e. The molecule has 1 aromatic carbocycles. The minimum absolute atomic E-state index is 0.0446. The molecular formula is C13H13BrINO3. The first-order valence-corrected chi connectivity index (χ1v) is 7.72. The monoisotopic (exact) mass is 437 g/mol. The number of halogens is 2. The molecule has 1 aromatic rings. The summed E-state index contributed by atoms with van der Waals surface area (Å²) in [5.74, 6) is -0.482. The van der Waals surface area contributed by atoms with Crippen molar-refractivity contribution in [2.75, 3.05) is 20.2 Å². The van der Waals surface area contributed by atoms with E-state index in [2.05, 4.69) is 38.5 Å².